The lowest BCUT2D eigenvalue weighted by atomic mass is 10.1. The molecule has 1 aromatic heterocycles. The molecule has 1 amide bonds. The average Bonchev–Trinajstić information content (AvgIpc) is 3.23. The lowest BCUT2D eigenvalue weighted by Gasteiger charge is -2.21. The zero-order valence-corrected chi connectivity index (χ0v) is 19.9. The first-order valence-corrected chi connectivity index (χ1v) is 11.4. The van der Waals surface area contributed by atoms with Crippen molar-refractivity contribution < 1.29 is 39.5 Å². The molecule has 14 nitrogen and oxygen atoms in total. The highest BCUT2D eigenvalue weighted by atomic mass is 16.5. The number of carbonyl (C=O) groups is 3. The molecule has 200 valence electrons. The number of anilines is 1. The minimum atomic E-state index is -1.36. The first-order chi connectivity index (χ1) is 17.5. The summed E-state index contributed by atoms with van der Waals surface area (Å²) in [5.41, 5.74) is -0.354. The Kier molecular flexibility index (Phi) is 8.81. The van der Waals surface area contributed by atoms with Gasteiger partial charge in [-0.1, -0.05) is 0 Å². The zero-order chi connectivity index (χ0) is 27.3. The van der Waals surface area contributed by atoms with E-state index in [0.29, 0.717) is 5.69 Å². The SMILES string of the molecule is CN(Cc1cn([C@H]2C[C@H](O)[C@@H](CO)O2)c(=O)[nH]c1=O)c1ccc(C(=O)NC(CCC(=O)O)C(=O)O)cc1. The van der Waals surface area contributed by atoms with Crippen LogP contribution in [0.2, 0.25) is 0 Å². The molecule has 1 saturated heterocycles. The van der Waals surface area contributed by atoms with Crippen LogP contribution < -0.4 is 21.5 Å². The third kappa shape index (κ3) is 6.81. The van der Waals surface area contributed by atoms with E-state index < -0.39 is 66.6 Å². The van der Waals surface area contributed by atoms with Gasteiger partial charge < -0.3 is 35.4 Å². The zero-order valence-electron chi connectivity index (χ0n) is 19.9. The number of nitrogens with zero attached hydrogens (tertiary/aromatic N) is 2. The molecule has 1 aromatic carbocycles. The Morgan fingerprint density at radius 1 is 1.22 bits per heavy atom. The Bertz CT molecular complexity index is 1260. The summed E-state index contributed by atoms with van der Waals surface area (Å²) in [6, 6.07) is 4.70. The summed E-state index contributed by atoms with van der Waals surface area (Å²) in [6.07, 6.45) is -1.94. The van der Waals surface area contributed by atoms with Crippen molar-refractivity contribution in [2.75, 3.05) is 18.6 Å². The number of aromatic nitrogens is 2. The smallest absolute Gasteiger partial charge is 0.330 e. The summed E-state index contributed by atoms with van der Waals surface area (Å²) in [5.74, 6) is -3.21. The predicted molar refractivity (Wildman–Crippen MR) is 127 cm³/mol. The topological polar surface area (TPSA) is 211 Å². The van der Waals surface area contributed by atoms with Gasteiger partial charge >= 0.3 is 17.6 Å². The first kappa shape index (κ1) is 27.6. The molecular formula is C23H28N4O10. The Balaban J connectivity index is 1.70. The van der Waals surface area contributed by atoms with Crippen LogP contribution in [0, 0.1) is 0 Å². The third-order valence-electron chi connectivity index (χ3n) is 5.96. The molecule has 1 aliphatic rings. The van der Waals surface area contributed by atoms with Gasteiger partial charge in [-0.05, 0) is 30.7 Å². The number of aliphatic hydroxyl groups excluding tert-OH is 2. The molecule has 0 bridgehead atoms. The van der Waals surface area contributed by atoms with Crippen molar-refractivity contribution in [2.24, 2.45) is 0 Å². The van der Waals surface area contributed by atoms with Gasteiger partial charge in [0.2, 0.25) is 0 Å². The fourth-order valence-corrected chi connectivity index (χ4v) is 3.88. The molecule has 0 spiro atoms. The van der Waals surface area contributed by atoms with Gasteiger partial charge in [0.1, 0.15) is 18.4 Å². The van der Waals surface area contributed by atoms with Gasteiger partial charge in [0, 0.05) is 43.9 Å². The monoisotopic (exact) mass is 520 g/mol. The van der Waals surface area contributed by atoms with Gasteiger partial charge in [-0.3, -0.25) is 23.9 Å². The lowest BCUT2D eigenvalue weighted by molar-refractivity contribution is -0.140. The molecule has 4 atom stereocenters. The molecule has 2 aromatic rings. The van der Waals surface area contributed by atoms with E-state index in [1.54, 1.807) is 24.1 Å². The first-order valence-electron chi connectivity index (χ1n) is 11.4. The van der Waals surface area contributed by atoms with Gasteiger partial charge in [-0.25, -0.2) is 9.59 Å². The number of benzene rings is 1. The highest BCUT2D eigenvalue weighted by Crippen LogP contribution is 2.27. The van der Waals surface area contributed by atoms with Gasteiger partial charge in [0.15, 0.2) is 0 Å². The summed E-state index contributed by atoms with van der Waals surface area (Å²) in [7, 11) is 1.67. The molecule has 1 fully saturated rings. The van der Waals surface area contributed by atoms with Crippen LogP contribution in [0.15, 0.2) is 40.1 Å². The highest BCUT2D eigenvalue weighted by Gasteiger charge is 2.35. The van der Waals surface area contributed by atoms with Crippen LogP contribution in [0.5, 0.6) is 0 Å². The summed E-state index contributed by atoms with van der Waals surface area (Å²) in [4.78, 5) is 63.0. The van der Waals surface area contributed by atoms with Crippen molar-refractivity contribution in [2.45, 2.75) is 50.3 Å². The number of carboxylic acids is 2. The second-order valence-electron chi connectivity index (χ2n) is 8.64. The van der Waals surface area contributed by atoms with E-state index in [4.69, 9.17) is 9.84 Å². The van der Waals surface area contributed by atoms with Crippen LogP contribution in [0.4, 0.5) is 5.69 Å². The minimum Gasteiger partial charge on any atom is -0.481 e. The Labute approximate surface area is 209 Å². The molecule has 0 saturated carbocycles. The standard InChI is InChI=1S/C23H28N4O10/c1-26(9-13-10-27(23(36)25-21(13)33)18-8-16(29)17(11-28)37-18)14-4-2-12(3-5-14)20(32)24-15(22(34)35)6-7-19(30)31/h2-5,10,15-18,28-29H,6-9,11H2,1H3,(H,24,32)(H,30,31)(H,34,35)(H,25,33,36)/t15?,16-,17+,18+/m0/s1. The Morgan fingerprint density at radius 3 is 2.46 bits per heavy atom. The highest BCUT2D eigenvalue weighted by molar-refractivity contribution is 5.96. The fraction of sp³-hybridized carbons (Fsp3) is 0.435. The van der Waals surface area contributed by atoms with Crippen molar-refractivity contribution in [1.29, 1.82) is 0 Å². The number of rotatable bonds is 11. The minimum absolute atomic E-state index is 0.0645. The maximum atomic E-state index is 12.4. The van der Waals surface area contributed by atoms with Crippen LogP contribution in [0.25, 0.3) is 0 Å². The van der Waals surface area contributed by atoms with E-state index in [0.717, 1.165) is 4.57 Å². The summed E-state index contributed by atoms with van der Waals surface area (Å²) in [5, 5.41) is 39.5. The summed E-state index contributed by atoms with van der Waals surface area (Å²) < 4.78 is 6.66. The van der Waals surface area contributed by atoms with Crippen molar-refractivity contribution in [1.82, 2.24) is 14.9 Å². The quantitative estimate of drug-likeness (QED) is 0.208. The number of aromatic amines is 1. The second kappa shape index (κ2) is 11.8. The van der Waals surface area contributed by atoms with E-state index in [1.165, 1.54) is 18.3 Å². The van der Waals surface area contributed by atoms with Gasteiger partial charge in [-0.15, -0.1) is 0 Å². The van der Waals surface area contributed by atoms with Crippen LogP contribution in [0.3, 0.4) is 0 Å². The number of carboxylic acid groups (broad SMARTS) is 2. The summed E-state index contributed by atoms with van der Waals surface area (Å²) in [6.45, 7) is -0.352. The van der Waals surface area contributed by atoms with Crippen molar-refractivity contribution >= 4 is 23.5 Å². The van der Waals surface area contributed by atoms with E-state index in [2.05, 4.69) is 10.3 Å². The van der Waals surface area contributed by atoms with Crippen molar-refractivity contribution in [3.05, 3.63) is 62.4 Å². The molecule has 2 heterocycles. The molecule has 1 unspecified atom stereocenters. The number of aliphatic hydroxyl groups is 2. The molecule has 0 aliphatic carbocycles. The van der Waals surface area contributed by atoms with E-state index in [-0.39, 0.29) is 30.5 Å². The van der Waals surface area contributed by atoms with Gasteiger partial charge in [-0.2, -0.15) is 0 Å². The largest absolute Gasteiger partial charge is 0.481 e. The van der Waals surface area contributed by atoms with Crippen molar-refractivity contribution in [3.8, 4) is 0 Å². The Morgan fingerprint density at radius 2 is 1.89 bits per heavy atom. The van der Waals surface area contributed by atoms with Crippen LogP contribution in [-0.2, 0) is 20.9 Å². The molecule has 6 N–H and O–H groups in total. The van der Waals surface area contributed by atoms with Gasteiger partial charge in [0.25, 0.3) is 11.5 Å². The number of H-pyrrole nitrogens is 1. The third-order valence-corrected chi connectivity index (χ3v) is 5.96. The second-order valence-corrected chi connectivity index (χ2v) is 8.64. The molecule has 14 heteroatoms. The maximum absolute atomic E-state index is 12.4. The Hall–Kier alpha value is -4.01. The summed E-state index contributed by atoms with van der Waals surface area (Å²) >= 11 is 0. The normalized spacial score (nSPS) is 19.8. The van der Waals surface area contributed by atoms with Crippen LogP contribution in [-0.4, -0.2) is 79.7 Å². The number of carbonyl (C=O) groups excluding carboxylic acids is 1. The molecular weight excluding hydrogens is 492 g/mol. The van der Waals surface area contributed by atoms with Gasteiger partial charge in [0.05, 0.1) is 18.3 Å². The number of hydrogen-bond donors (Lipinski definition) is 6. The fourth-order valence-electron chi connectivity index (χ4n) is 3.88. The predicted octanol–water partition coefficient (Wildman–Crippen LogP) is -1.14. The lowest BCUT2D eigenvalue weighted by Crippen LogP contribution is -2.41. The average molecular weight is 520 g/mol. The number of amides is 1. The van der Waals surface area contributed by atoms with E-state index in [9.17, 15) is 39.3 Å². The van der Waals surface area contributed by atoms with Crippen LogP contribution >= 0.6 is 0 Å². The molecule has 1 aliphatic heterocycles. The van der Waals surface area contributed by atoms with Crippen molar-refractivity contribution in [3.63, 3.8) is 0 Å². The maximum Gasteiger partial charge on any atom is 0.330 e. The van der Waals surface area contributed by atoms with E-state index in [1.807, 2.05) is 0 Å². The van der Waals surface area contributed by atoms with E-state index >= 15 is 0 Å². The molecule has 3 rings (SSSR count). The number of aliphatic carboxylic acids is 2. The molecule has 0 radical (unpaired) electrons. The number of hydrogen-bond acceptors (Lipinski definition) is 9. The van der Waals surface area contributed by atoms with Crippen LogP contribution in [0.1, 0.15) is 41.4 Å². The molecule has 37 heavy (non-hydrogen) atoms. The number of nitrogens with one attached hydrogen (secondary N) is 2. The number of ether oxygens (including phenoxy) is 1.